The molecule has 5 heteroatoms. The molecule has 2 rings (SSSR count). The van der Waals surface area contributed by atoms with Gasteiger partial charge in [0.05, 0.1) is 5.69 Å². The van der Waals surface area contributed by atoms with Crippen LogP contribution >= 0.6 is 0 Å². The van der Waals surface area contributed by atoms with E-state index in [9.17, 15) is 13.6 Å². The molecule has 1 aromatic rings. The third-order valence-electron chi connectivity index (χ3n) is 2.89. The summed E-state index contributed by atoms with van der Waals surface area (Å²) in [5.41, 5.74) is 0.584. The van der Waals surface area contributed by atoms with Crippen LogP contribution in [0.4, 0.5) is 14.5 Å². The standard InChI is InChI=1S/C12H14F2N2O/c1-3-15-11-10-8(14)5-7(13)6-9(10)16(4-2)12(11)17/h5-6,11,15H,3-4H2,1-2H3. The Kier molecular flexibility index (Phi) is 3.11. The second-order valence-electron chi connectivity index (χ2n) is 3.89. The number of likely N-dealkylation sites (N-methyl/N-ethyl adjacent to an activating group) is 2. The highest BCUT2D eigenvalue weighted by molar-refractivity contribution is 6.04. The molecule has 1 aliphatic heterocycles. The molecular formula is C12H14F2N2O. The normalized spacial score (nSPS) is 18.7. The number of carbonyl (C=O) groups is 1. The lowest BCUT2D eigenvalue weighted by molar-refractivity contribution is -0.119. The monoisotopic (exact) mass is 240 g/mol. The lowest BCUT2D eigenvalue weighted by atomic mass is 10.1. The first-order chi connectivity index (χ1) is 8.10. The Balaban J connectivity index is 2.56. The molecule has 1 aromatic carbocycles. The average molecular weight is 240 g/mol. The van der Waals surface area contributed by atoms with Gasteiger partial charge in [0.2, 0.25) is 5.91 Å². The second kappa shape index (κ2) is 4.41. The number of amides is 1. The van der Waals surface area contributed by atoms with E-state index in [1.807, 2.05) is 6.92 Å². The fourth-order valence-corrected chi connectivity index (χ4v) is 2.20. The van der Waals surface area contributed by atoms with Gasteiger partial charge in [-0.2, -0.15) is 0 Å². The quantitative estimate of drug-likeness (QED) is 0.876. The van der Waals surface area contributed by atoms with Crippen LogP contribution in [0.3, 0.4) is 0 Å². The van der Waals surface area contributed by atoms with Crippen LogP contribution in [0.25, 0.3) is 0 Å². The zero-order valence-corrected chi connectivity index (χ0v) is 9.76. The minimum Gasteiger partial charge on any atom is -0.310 e. The zero-order chi connectivity index (χ0) is 12.6. The lowest BCUT2D eigenvalue weighted by Gasteiger charge is -2.15. The number of hydrogen-bond donors (Lipinski definition) is 1. The van der Waals surface area contributed by atoms with Crippen molar-refractivity contribution in [3.8, 4) is 0 Å². The molecule has 0 spiro atoms. The second-order valence-corrected chi connectivity index (χ2v) is 3.89. The van der Waals surface area contributed by atoms with Crippen LogP contribution in [0.2, 0.25) is 0 Å². The highest BCUT2D eigenvalue weighted by Gasteiger charge is 2.38. The first-order valence-electron chi connectivity index (χ1n) is 5.63. The van der Waals surface area contributed by atoms with Crippen LogP contribution in [-0.2, 0) is 4.79 Å². The van der Waals surface area contributed by atoms with E-state index in [2.05, 4.69) is 5.32 Å². The van der Waals surface area contributed by atoms with E-state index in [0.29, 0.717) is 18.8 Å². The Hall–Kier alpha value is -1.49. The number of halogens is 2. The number of carbonyl (C=O) groups excluding carboxylic acids is 1. The Bertz CT molecular complexity index is 462. The molecule has 0 saturated carbocycles. The van der Waals surface area contributed by atoms with Crippen LogP contribution in [0.1, 0.15) is 25.5 Å². The third-order valence-corrected chi connectivity index (χ3v) is 2.89. The van der Waals surface area contributed by atoms with Crippen LogP contribution in [0.15, 0.2) is 12.1 Å². The fourth-order valence-electron chi connectivity index (χ4n) is 2.20. The van der Waals surface area contributed by atoms with Crippen LogP contribution in [0, 0.1) is 11.6 Å². The van der Waals surface area contributed by atoms with Gasteiger partial charge >= 0.3 is 0 Å². The van der Waals surface area contributed by atoms with Crippen molar-refractivity contribution >= 4 is 11.6 Å². The van der Waals surface area contributed by atoms with E-state index in [4.69, 9.17) is 0 Å². The Morgan fingerprint density at radius 1 is 1.35 bits per heavy atom. The molecule has 17 heavy (non-hydrogen) atoms. The van der Waals surface area contributed by atoms with E-state index in [-0.39, 0.29) is 11.5 Å². The van der Waals surface area contributed by atoms with Crippen molar-refractivity contribution in [1.82, 2.24) is 5.32 Å². The van der Waals surface area contributed by atoms with E-state index >= 15 is 0 Å². The summed E-state index contributed by atoms with van der Waals surface area (Å²) in [6, 6.07) is 1.32. The molecule has 0 aliphatic carbocycles. The first-order valence-corrected chi connectivity index (χ1v) is 5.63. The predicted molar refractivity (Wildman–Crippen MR) is 60.8 cm³/mol. The third kappa shape index (κ3) is 1.80. The molecular weight excluding hydrogens is 226 g/mol. The molecule has 3 nitrogen and oxygen atoms in total. The maximum atomic E-state index is 13.7. The summed E-state index contributed by atoms with van der Waals surface area (Å²) in [4.78, 5) is 13.4. The van der Waals surface area contributed by atoms with Crippen LogP contribution in [-0.4, -0.2) is 19.0 Å². The molecule has 1 unspecified atom stereocenters. The largest absolute Gasteiger partial charge is 0.310 e. The van der Waals surface area contributed by atoms with Gasteiger partial charge in [-0.15, -0.1) is 0 Å². The first kappa shape index (κ1) is 12.0. The maximum absolute atomic E-state index is 13.7. The SMILES string of the molecule is CCNC1C(=O)N(CC)c2cc(F)cc(F)c21. The number of anilines is 1. The number of nitrogens with zero attached hydrogens (tertiary/aromatic N) is 1. The smallest absolute Gasteiger partial charge is 0.248 e. The van der Waals surface area contributed by atoms with Crippen LogP contribution < -0.4 is 10.2 Å². The molecule has 0 fully saturated rings. The zero-order valence-electron chi connectivity index (χ0n) is 9.76. The summed E-state index contributed by atoms with van der Waals surface area (Å²) >= 11 is 0. The summed E-state index contributed by atoms with van der Waals surface area (Å²) in [5, 5.41) is 2.92. The minimum atomic E-state index is -0.699. The van der Waals surface area contributed by atoms with Crippen molar-refractivity contribution < 1.29 is 13.6 Å². The molecule has 1 heterocycles. The van der Waals surface area contributed by atoms with Crippen molar-refractivity contribution in [3.63, 3.8) is 0 Å². The molecule has 92 valence electrons. The van der Waals surface area contributed by atoms with Gasteiger partial charge in [-0.05, 0) is 19.5 Å². The van der Waals surface area contributed by atoms with Crippen molar-refractivity contribution in [2.75, 3.05) is 18.0 Å². The van der Waals surface area contributed by atoms with Gasteiger partial charge in [-0.25, -0.2) is 8.78 Å². The molecule has 0 bridgehead atoms. The van der Waals surface area contributed by atoms with Crippen molar-refractivity contribution in [3.05, 3.63) is 29.3 Å². The number of rotatable bonds is 3. The maximum Gasteiger partial charge on any atom is 0.248 e. The van der Waals surface area contributed by atoms with Gasteiger partial charge in [0, 0.05) is 18.2 Å². The molecule has 0 aromatic heterocycles. The van der Waals surface area contributed by atoms with Gasteiger partial charge in [0.15, 0.2) is 0 Å². The van der Waals surface area contributed by atoms with Crippen molar-refractivity contribution in [2.24, 2.45) is 0 Å². The number of benzene rings is 1. The van der Waals surface area contributed by atoms with E-state index < -0.39 is 17.7 Å². The summed E-state index contributed by atoms with van der Waals surface area (Å²) in [6.45, 7) is 4.56. The Morgan fingerprint density at radius 3 is 2.65 bits per heavy atom. The summed E-state index contributed by atoms with van der Waals surface area (Å²) in [6.07, 6.45) is 0. The predicted octanol–water partition coefficient (Wildman–Crippen LogP) is 1.98. The van der Waals surface area contributed by atoms with E-state index in [1.54, 1.807) is 6.92 Å². The van der Waals surface area contributed by atoms with Gasteiger partial charge in [-0.1, -0.05) is 6.92 Å². The van der Waals surface area contributed by atoms with Crippen molar-refractivity contribution in [2.45, 2.75) is 19.9 Å². The summed E-state index contributed by atoms with van der Waals surface area (Å²) in [5.74, 6) is -1.56. The highest BCUT2D eigenvalue weighted by atomic mass is 19.1. The van der Waals surface area contributed by atoms with Gasteiger partial charge < -0.3 is 10.2 Å². The molecule has 1 aliphatic rings. The van der Waals surface area contributed by atoms with E-state index in [0.717, 1.165) is 6.07 Å². The molecule has 1 atom stereocenters. The average Bonchev–Trinajstić information content (AvgIpc) is 2.52. The molecule has 1 amide bonds. The van der Waals surface area contributed by atoms with Crippen molar-refractivity contribution in [1.29, 1.82) is 0 Å². The number of hydrogen-bond acceptors (Lipinski definition) is 2. The van der Waals surface area contributed by atoms with Crippen LogP contribution in [0.5, 0.6) is 0 Å². The van der Waals surface area contributed by atoms with E-state index in [1.165, 1.54) is 11.0 Å². The molecule has 1 N–H and O–H groups in total. The highest BCUT2D eigenvalue weighted by Crippen LogP contribution is 2.38. The Labute approximate surface area is 98.4 Å². The molecule has 0 saturated heterocycles. The Morgan fingerprint density at radius 2 is 2.06 bits per heavy atom. The minimum absolute atomic E-state index is 0.228. The van der Waals surface area contributed by atoms with Gasteiger partial charge in [0.1, 0.15) is 17.7 Å². The van der Waals surface area contributed by atoms with Gasteiger partial charge in [0.25, 0.3) is 0 Å². The lowest BCUT2D eigenvalue weighted by Crippen LogP contribution is -2.34. The van der Waals surface area contributed by atoms with Gasteiger partial charge in [-0.3, -0.25) is 4.79 Å². The molecule has 0 radical (unpaired) electrons. The number of fused-ring (bicyclic) bond motifs is 1. The topological polar surface area (TPSA) is 32.3 Å². The summed E-state index contributed by atoms with van der Waals surface area (Å²) in [7, 11) is 0. The fraction of sp³-hybridized carbons (Fsp3) is 0.417. The number of nitrogens with one attached hydrogen (secondary N) is 1. The summed E-state index contributed by atoms with van der Waals surface area (Å²) < 4.78 is 26.9.